The van der Waals surface area contributed by atoms with Gasteiger partial charge in [0.15, 0.2) is 0 Å². The van der Waals surface area contributed by atoms with E-state index >= 15 is 0 Å². The van der Waals surface area contributed by atoms with Gasteiger partial charge in [0.25, 0.3) is 0 Å². The first-order valence-corrected chi connectivity index (χ1v) is 8.34. The number of aliphatic hydroxyl groups excluding tert-OH is 1. The minimum absolute atomic E-state index is 0.0655. The summed E-state index contributed by atoms with van der Waals surface area (Å²) in [5.41, 5.74) is 1.35. The van der Waals surface area contributed by atoms with Gasteiger partial charge in [-0.2, -0.15) is 0 Å². The first-order chi connectivity index (χ1) is 10.3. The van der Waals surface area contributed by atoms with Crippen molar-refractivity contribution in [2.75, 3.05) is 19.6 Å². The third-order valence-corrected chi connectivity index (χ3v) is 5.03. The highest BCUT2D eigenvalue weighted by Crippen LogP contribution is 2.25. The van der Waals surface area contributed by atoms with Crippen molar-refractivity contribution in [2.24, 2.45) is 5.92 Å². The van der Waals surface area contributed by atoms with Crippen molar-refractivity contribution in [2.45, 2.75) is 50.8 Å². The van der Waals surface area contributed by atoms with Crippen LogP contribution in [0.25, 0.3) is 0 Å². The normalized spacial score (nSPS) is 28.0. The summed E-state index contributed by atoms with van der Waals surface area (Å²) in [7, 11) is 0. The monoisotopic (exact) mass is 289 g/mol. The molecule has 2 unspecified atom stereocenters. The molecular formula is C17H27N3O. The summed E-state index contributed by atoms with van der Waals surface area (Å²) >= 11 is 0. The average Bonchev–Trinajstić information content (AvgIpc) is 2.93. The Balaban J connectivity index is 1.37. The number of pyridine rings is 1. The highest BCUT2D eigenvalue weighted by molar-refractivity contribution is 5.09. The smallest absolute Gasteiger partial charge is 0.0580 e. The summed E-state index contributed by atoms with van der Waals surface area (Å²) in [6.45, 7) is 4.35. The van der Waals surface area contributed by atoms with E-state index in [-0.39, 0.29) is 6.10 Å². The van der Waals surface area contributed by atoms with Gasteiger partial charge in [0.2, 0.25) is 0 Å². The van der Waals surface area contributed by atoms with Crippen molar-refractivity contribution in [3.05, 3.63) is 30.1 Å². The molecule has 0 spiro atoms. The van der Waals surface area contributed by atoms with Crippen molar-refractivity contribution >= 4 is 0 Å². The van der Waals surface area contributed by atoms with Gasteiger partial charge < -0.3 is 10.4 Å². The second-order valence-corrected chi connectivity index (χ2v) is 6.57. The average molecular weight is 289 g/mol. The Bertz CT molecular complexity index is 417. The van der Waals surface area contributed by atoms with Gasteiger partial charge in [-0.15, -0.1) is 0 Å². The van der Waals surface area contributed by atoms with E-state index < -0.39 is 0 Å². The molecule has 1 saturated carbocycles. The molecule has 2 fully saturated rings. The molecule has 1 aromatic rings. The molecule has 3 rings (SSSR count). The first-order valence-electron chi connectivity index (χ1n) is 8.34. The minimum Gasteiger partial charge on any atom is -0.393 e. The van der Waals surface area contributed by atoms with Crippen LogP contribution in [0.1, 0.15) is 37.7 Å². The lowest BCUT2D eigenvalue weighted by atomic mass is 10.0. The predicted molar refractivity (Wildman–Crippen MR) is 83.9 cm³/mol. The Kier molecular flexibility index (Phi) is 5.22. The van der Waals surface area contributed by atoms with E-state index in [1.165, 1.54) is 31.2 Å². The summed E-state index contributed by atoms with van der Waals surface area (Å²) in [5.74, 6) is 0.486. The van der Waals surface area contributed by atoms with E-state index in [9.17, 15) is 5.11 Å². The van der Waals surface area contributed by atoms with Gasteiger partial charge in [0, 0.05) is 31.5 Å². The van der Waals surface area contributed by atoms with E-state index in [1.807, 2.05) is 12.4 Å². The Hall–Kier alpha value is -0.970. The Morgan fingerprint density at radius 2 is 1.90 bits per heavy atom. The standard InChI is InChI=1S/C17H27N3O/c21-17-3-1-2-15(17)12-19-16-6-10-20(11-7-16)13-14-4-8-18-9-5-14/h4-5,8-9,15-17,19,21H,1-3,6-7,10-13H2. The molecule has 0 aromatic carbocycles. The van der Waals surface area contributed by atoms with Crippen molar-refractivity contribution in [3.63, 3.8) is 0 Å². The van der Waals surface area contributed by atoms with Crippen molar-refractivity contribution in [1.82, 2.24) is 15.2 Å². The largest absolute Gasteiger partial charge is 0.393 e. The van der Waals surface area contributed by atoms with E-state index in [2.05, 4.69) is 27.3 Å². The summed E-state index contributed by atoms with van der Waals surface area (Å²) in [6.07, 6.45) is 9.49. The highest BCUT2D eigenvalue weighted by atomic mass is 16.3. The summed E-state index contributed by atoms with van der Waals surface area (Å²) < 4.78 is 0. The molecule has 2 heterocycles. The lowest BCUT2D eigenvalue weighted by Crippen LogP contribution is -2.44. The molecule has 0 radical (unpaired) electrons. The Morgan fingerprint density at radius 3 is 2.57 bits per heavy atom. The van der Waals surface area contributed by atoms with Crippen molar-refractivity contribution in [3.8, 4) is 0 Å². The minimum atomic E-state index is -0.0655. The van der Waals surface area contributed by atoms with E-state index in [0.717, 1.165) is 32.6 Å². The third-order valence-electron chi connectivity index (χ3n) is 5.03. The number of nitrogens with one attached hydrogen (secondary N) is 1. The number of rotatable bonds is 5. The maximum atomic E-state index is 9.87. The topological polar surface area (TPSA) is 48.4 Å². The number of nitrogens with zero attached hydrogens (tertiary/aromatic N) is 2. The van der Waals surface area contributed by atoms with Crippen LogP contribution in [0.15, 0.2) is 24.5 Å². The number of piperidine rings is 1. The van der Waals surface area contributed by atoms with Crippen LogP contribution in [-0.2, 0) is 6.54 Å². The first kappa shape index (κ1) is 14.9. The molecular weight excluding hydrogens is 262 g/mol. The zero-order valence-corrected chi connectivity index (χ0v) is 12.7. The third kappa shape index (κ3) is 4.25. The fraction of sp³-hybridized carbons (Fsp3) is 0.706. The zero-order chi connectivity index (χ0) is 14.5. The molecule has 21 heavy (non-hydrogen) atoms. The summed E-state index contributed by atoms with van der Waals surface area (Å²) in [4.78, 5) is 6.60. The van der Waals surface area contributed by atoms with Crippen LogP contribution < -0.4 is 5.32 Å². The highest BCUT2D eigenvalue weighted by Gasteiger charge is 2.26. The van der Waals surface area contributed by atoms with E-state index in [4.69, 9.17) is 0 Å². The van der Waals surface area contributed by atoms with Crippen LogP contribution >= 0.6 is 0 Å². The lowest BCUT2D eigenvalue weighted by molar-refractivity contribution is 0.124. The van der Waals surface area contributed by atoms with Gasteiger partial charge in [-0.25, -0.2) is 0 Å². The zero-order valence-electron chi connectivity index (χ0n) is 12.7. The molecule has 4 nitrogen and oxygen atoms in total. The van der Waals surface area contributed by atoms with Crippen LogP contribution in [0.2, 0.25) is 0 Å². The summed E-state index contributed by atoms with van der Waals surface area (Å²) in [6, 6.07) is 4.84. The molecule has 1 saturated heterocycles. The van der Waals surface area contributed by atoms with Crippen LogP contribution in [0.4, 0.5) is 0 Å². The van der Waals surface area contributed by atoms with Gasteiger partial charge >= 0.3 is 0 Å². The lowest BCUT2D eigenvalue weighted by Gasteiger charge is -2.33. The number of hydrogen-bond donors (Lipinski definition) is 2. The fourth-order valence-electron chi connectivity index (χ4n) is 3.62. The van der Waals surface area contributed by atoms with Gasteiger partial charge in [0.05, 0.1) is 6.10 Å². The van der Waals surface area contributed by atoms with E-state index in [0.29, 0.717) is 12.0 Å². The van der Waals surface area contributed by atoms with Gasteiger partial charge in [0.1, 0.15) is 0 Å². The molecule has 1 aliphatic carbocycles. The molecule has 1 aliphatic heterocycles. The molecule has 1 aromatic heterocycles. The van der Waals surface area contributed by atoms with Gasteiger partial charge in [-0.1, -0.05) is 6.42 Å². The Morgan fingerprint density at radius 1 is 1.14 bits per heavy atom. The molecule has 4 heteroatoms. The molecule has 0 amide bonds. The van der Waals surface area contributed by atoms with Crippen LogP contribution in [0.3, 0.4) is 0 Å². The number of aromatic nitrogens is 1. The Labute approximate surface area is 127 Å². The SMILES string of the molecule is OC1CCCC1CNC1CCN(Cc2ccncc2)CC1. The molecule has 2 N–H and O–H groups in total. The van der Waals surface area contributed by atoms with Crippen LogP contribution in [-0.4, -0.2) is 46.8 Å². The van der Waals surface area contributed by atoms with Gasteiger partial charge in [-0.05, 0) is 62.4 Å². The molecule has 116 valence electrons. The van der Waals surface area contributed by atoms with Crippen LogP contribution in [0, 0.1) is 5.92 Å². The number of hydrogen-bond acceptors (Lipinski definition) is 4. The second kappa shape index (κ2) is 7.34. The predicted octanol–water partition coefficient (Wildman–Crippen LogP) is 1.80. The quantitative estimate of drug-likeness (QED) is 0.868. The molecule has 2 aliphatic rings. The molecule has 2 atom stereocenters. The second-order valence-electron chi connectivity index (χ2n) is 6.57. The van der Waals surface area contributed by atoms with Gasteiger partial charge in [-0.3, -0.25) is 9.88 Å². The maximum Gasteiger partial charge on any atom is 0.0580 e. The number of aliphatic hydroxyl groups is 1. The van der Waals surface area contributed by atoms with Crippen LogP contribution in [0.5, 0.6) is 0 Å². The summed E-state index contributed by atoms with van der Waals surface area (Å²) in [5, 5.41) is 13.6. The number of likely N-dealkylation sites (tertiary alicyclic amines) is 1. The van der Waals surface area contributed by atoms with Crippen molar-refractivity contribution < 1.29 is 5.11 Å². The van der Waals surface area contributed by atoms with Crippen molar-refractivity contribution in [1.29, 1.82) is 0 Å². The van der Waals surface area contributed by atoms with E-state index in [1.54, 1.807) is 0 Å². The fourth-order valence-corrected chi connectivity index (χ4v) is 3.62. The molecule has 0 bridgehead atoms. The maximum absolute atomic E-state index is 9.87.